The first-order valence-corrected chi connectivity index (χ1v) is 10.2. The fourth-order valence-electron chi connectivity index (χ4n) is 3.17. The molecule has 1 fully saturated rings. The van der Waals surface area contributed by atoms with E-state index in [0.717, 1.165) is 48.3 Å². The number of aromatic nitrogens is 1. The van der Waals surface area contributed by atoms with Crippen molar-refractivity contribution in [3.8, 4) is 0 Å². The molecule has 2 aliphatic rings. The van der Waals surface area contributed by atoms with Gasteiger partial charge in [0.15, 0.2) is 0 Å². The number of nitrogens with zero attached hydrogens (tertiary/aromatic N) is 2. The lowest BCUT2D eigenvalue weighted by molar-refractivity contribution is -0.124. The van der Waals surface area contributed by atoms with Crippen molar-refractivity contribution in [1.82, 2.24) is 10.3 Å². The minimum Gasteiger partial charge on any atom is -0.378 e. The highest BCUT2D eigenvalue weighted by molar-refractivity contribution is 8.01. The standard InChI is InChI=1S/C20H22N4O3S/c25-19(11-17-20(26)23-15-3-1-2-4-16(15)28-17)22-13-14-5-6-18(21-12-14)24-7-9-27-10-8-24/h1-6,12,17H,7-11,13H2,(H,22,25)(H,23,26). The summed E-state index contributed by atoms with van der Waals surface area (Å²) in [6.07, 6.45) is 1.92. The number of amides is 2. The summed E-state index contributed by atoms with van der Waals surface area (Å²) >= 11 is 1.43. The first kappa shape index (κ1) is 18.8. The van der Waals surface area contributed by atoms with Crippen LogP contribution in [0.1, 0.15) is 12.0 Å². The lowest BCUT2D eigenvalue weighted by Crippen LogP contribution is -2.36. The molecule has 1 atom stereocenters. The molecule has 0 radical (unpaired) electrons. The van der Waals surface area contributed by atoms with E-state index in [9.17, 15) is 9.59 Å². The Labute approximate surface area is 167 Å². The highest BCUT2D eigenvalue weighted by Gasteiger charge is 2.28. The second-order valence-corrected chi connectivity index (χ2v) is 7.94. The van der Waals surface area contributed by atoms with E-state index in [-0.39, 0.29) is 18.2 Å². The van der Waals surface area contributed by atoms with Crippen molar-refractivity contribution in [2.45, 2.75) is 23.1 Å². The Bertz CT molecular complexity index is 853. The van der Waals surface area contributed by atoms with Crippen LogP contribution >= 0.6 is 11.8 Å². The molecule has 8 heteroatoms. The van der Waals surface area contributed by atoms with Crippen LogP contribution in [0.4, 0.5) is 11.5 Å². The lowest BCUT2D eigenvalue weighted by Gasteiger charge is -2.27. The number of carbonyl (C=O) groups excluding carboxylic acids is 2. The number of para-hydroxylation sites is 1. The van der Waals surface area contributed by atoms with Gasteiger partial charge in [-0.05, 0) is 23.8 Å². The van der Waals surface area contributed by atoms with Crippen molar-refractivity contribution in [2.75, 3.05) is 36.5 Å². The number of hydrogen-bond donors (Lipinski definition) is 2. The van der Waals surface area contributed by atoms with Gasteiger partial charge < -0.3 is 20.3 Å². The van der Waals surface area contributed by atoms with E-state index in [1.807, 2.05) is 36.4 Å². The predicted molar refractivity (Wildman–Crippen MR) is 108 cm³/mol. The molecule has 3 heterocycles. The molecular formula is C20H22N4O3S. The van der Waals surface area contributed by atoms with Crippen molar-refractivity contribution < 1.29 is 14.3 Å². The third kappa shape index (κ3) is 4.45. The highest BCUT2D eigenvalue weighted by Crippen LogP contribution is 2.36. The smallest absolute Gasteiger partial charge is 0.238 e. The summed E-state index contributed by atoms with van der Waals surface area (Å²) in [5.41, 5.74) is 1.73. The molecule has 1 saturated heterocycles. The molecule has 2 aliphatic heterocycles. The molecule has 0 aliphatic carbocycles. The van der Waals surface area contributed by atoms with Crippen LogP contribution in [0.2, 0.25) is 0 Å². The maximum atomic E-state index is 12.3. The number of ether oxygens (including phenoxy) is 1. The Morgan fingerprint density at radius 3 is 2.86 bits per heavy atom. The SMILES string of the molecule is O=C(CC1Sc2ccccc2NC1=O)NCc1ccc(N2CCOCC2)nc1. The summed E-state index contributed by atoms with van der Waals surface area (Å²) in [5.74, 6) is 0.645. The molecule has 7 nitrogen and oxygen atoms in total. The van der Waals surface area contributed by atoms with Crippen molar-refractivity contribution in [2.24, 2.45) is 0 Å². The summed E-state index contributed by atoms with van der Waals surface area (Å²) < 4.78 is 5.35. The normalized spacial score (nSPS) is 18.9. The number of fused-ring (bicyclic) bond motifs is 1. The Kier molecular flexibility index (Phi) is 5.78. The zero-order valence-corrected chi connectivity index (χ0v) is 16.2. The monoisotopic (exact) mass is 398 g/mol. The Balaban J connectivity index is 1.28. The van der Waals surface area contributed by atoms with Gasteiger partial charge in [0.2, 0.25) is 11.8 Å². The number of thioether (sulfide) groups is 1. The number of benzene rings is 1. The van der Waals surface area contributed by atoms with Crippen LogP contribution in [-0.4, -0.2) is 48.4 Å². The summed E-state index contributed by atoms with van der Waals surface area (Å²) in [5, 5.41) is 5.33. The predicted octanol–water partition coefficient (Wildman–Crippen LogP) is 2.04. The van der Waals surface area contributed by atoms with E-state index in [1.165, 1.54) is 11.8 Å². The molecule has 2 amide bonds. The molecule has 146 valence electrons. The van der Waals surface area contributed by atoms with Gasteiger partial charge in [-0.2, -0.15) is 0 Å². The van der Waals surface area contributed by atoms with Gasteiger partial charge in [0.1, 0.15) is 5.82 Å². The fraction of sp³-hybridized carbons (Fsp3) is 0.350. The van der Waals surface area contributed by atoms with Gasteiger partial charge in [0.05, 0.1) is 24.2 Å². The number of nitrogens with one attached hydrogen (secondary N) is 2. The fourth-order valence-corrected chi connectivity index (χ4v) is 4.28. The van der Waals surface area contributed by atoms with Crippen LogP contribution < -0.4 is 15.5 Å². The summed E-state index contributed by atoms with van der Waals surface area (Å²) in [7, 11) is 0. The van der Waals surface area contributed by atoms with Crippen molar-refractivity contribution >= 4 is 35.1 Å². The number of pyridine rings is 1. The molecule has 0 bridgehead atoms. The highest BCUT2D eigenvalue weighted by atomic mass is 32.2. The van der Waals surface area contributed by atoms with Crippen LogP contribution in [0.3, 0.4) is 0 Å². The zero-order chi connectivity index (χ0) is 19.3. The molecule has 0 spiro atoms. The van der Waals surface area contributed by atoms with E-state index in [0.29, 0.717) is 6.54 Å². The van der Waals surface area contributed by atoms with E-state index < -0.39 is 5.25 Å². The first-order valence-electron chi connectivity index (χ1n) is 9.30. The average Bonchev–Trinajstić information content (AvgIpc) is 2.74. The van der Waals surface area contributed by atoms with Crippen molar-refractivity contribution in [1.29, 1.82) is 0 Å². The summed E-state index contributed by atoms with van der Waals surface area (Å²) in [6.45, 7) is 3.51. The number of carbonyl (C=O) groups is 2. The molecule has 1 unspecified atom stereocenters. The second kappa shape index (κ2) is 8.62. The molecule has 2 aromatic rings. The Hall–Kier alpha value is -2.58. The third-order valence-corrected chi connectivity index (χ3v) is 5.99. The molecule has 2 N–H and O–H groups in total. The zero-order valence-electron chi connectivity index (χ0n) is 15.4. The largest absolute Gasteiger partial charge is 0.378 e. The molecule has 0 saturated carbocycles. The van der Waals surface area contributed by atoms with E-state index in [4.69, 9.17) is 4.74 Å². The van der Waals surface area contributed by atoms with Crippen molar-refractivity contribution in [3.05, 3.63) is 48.2 Å². The molecule has 28 heavy (non-hydrogen) atoms. The van der Waals surface area contributed by atoms with Crippen molar-refractivity contribution in [3.63, 3.8) is 0 Å². The molecule has 4 rings (SSSR count). The number of morpholine rings is 1. The molecule has 1 aromatic carbocycles. The quantitative estimate of drug-likeness (QED) is 0.802. The Morgan fingerprint density at radius 2 is 2.07 bits per heavy atom. The number of hydrogen-bond acceptors (Lipinski definition) is 6. The van der Waals surface area contributed by atoms with Gasteiger partial charge in [0, 0.05) is 37.1 Å². The third-order valence-electron chi connectivity index (χ3n) is 4.71. The van der Waals surface area contributed by atoms with Gasteiger partial charge in [0.25, 0.3) is 0 Å². The number of rotatable bonds is 5. The maximum Gasteiger partial charge on any atom is 0.238 e. The minimum absolute atomic E-state index is 0.129. The van der Waals surface area contributed by atoms with E-state index in [1.54, 1.807) is 6.20 Å². The summed E-state index contributed by atoms with van der Waals surface area (Å²) in [6, 6.07) is 11.6. The van der Waals surface area contributed by atoms with Crippen LogP contribution in [0.25, 0.3) is 0 Å². The molecular weight excluding hydrogens is 376 g/mol. The van der Waals surface area contributed by atoms with Crippen LogP contribution in [-0.2, 0) is 20.9 Å². The van der Waals surface area contributed by atoms with E-state index >= 15 is 0 Å². The van der Waals surface area contributed by atoms with Gasteiger partial charge >= 0.3 is 0 Å². The number of anilines is 2. The van der Waals surface area contributed by atoms with Crippen LogP contribution in [0, 0.1) is 0 Å². The minimum atomic E-state index is -0.420. The van der Waals surface area contributed by atoms with Gasteiger partial charge in [-0.15, -0.1) is 11.8 Å². The second-order valence-electron chi connectivity index (χ2n) is 6.70. The maximum absolute atomic E-state index is 12.3. The molecule has 1 aromatic heterocycles. The van der Waals surface area contributed by atoms with E-state index in [2.05, 4.69) is 20.5 Å². The topological polar surface area (TPSA) is 83.6 Å². The van der Waals surface area contributed by atoms with Gasteiger partial charge in [-0.3, -0.25) is 9.59 Å². The average molecular weight is 398 g/mol. The van der Waals surface area contributed by atoms with Crippen LogP contribution in [0.5, 0.6) is 0 Å². The summed E-state index contributed by atoms with van der Waals surface area (Å²) in [4.78, 5) is 32.2. The first-order chi connectivity index (χ1) is 13.7. The van der Waals surface area contributed by atoms with Gasteiger partial charge in [-0.1, -0.05) is 18.2 Å². The Morgan fingerprint density at radius 1 is 1.25 bits per heavy atom. The lowest BCUT2D eigenvalue weighted by atomic mass is 10.2. The van der Waals surface area contributed by atoms with Crippen LogP contribution in [0.15, 0.2) is 47.5 Å². The van der Waals surface area contributed by atoms with Gasteiger partial charge in [-0.25, -0.2) is 4.98 Å².